The molecule has 0 atom stereocenters. The number of anilines is 1. The Labute approximate surface area is 234 Å². The van der Waals surface area contributed by atoms with Gasteiger partial charge in [-0.1, -0.05) is 73.6 Å². The summed E-state index contributed by atoms with van der Waals surface area (Å²) in [5.41, 5.74) is 2.59. The molecule has 2 saturated heterocycles. The van der Waals surface area contributed by atoms with E-state index >= 15 is 0 Å². The van der Waals surface area contributed by atoms with Crippen LogP contribution < -0.4 is 10.5 Å². The summed E-state index contributed by atoms with van der Waals surface area (Å²) >= 11 is 6.99. The zero-order valence-corrected chi connectivity index (χ0v) is 23.7. The van der Waals surface area contributed by atoms with Crippen LogP contribution in [0.5, 0.6) is 0 Å². The first kappa shape index (κ1) is 26.7. The number of nitriles is 1. The molecule has 3 aliphatic rings. The molecule has 3 fully saturated rings. The van der Waals surface area contributed by atoms with Crippen LogP contribution in [-0.2, 0) is 18.3 Å². The smallest absolute Gasteiger partial charge is 0.270 e. The van der Waals surface area contributed by atoms with Crippen LogP contribution in [-0.4, -0.2) is 38.8 Å². The van der Waals surface area contributed by atoms with E-state index in [1.165, 1.54) is 23.7 Å². The Morgan fingerprint density at radius 3 is 2.42 bits per heavy atom. The summed E-state index contributed by atoms with van der Waals surface area (Å²) in [6, 6.07) is 12.9. The van der Waals surface area contributed by atoms with Gasteiger partial charge in [0.15, 0.2) is 0 Å². The summed E-state index contributed by atoms with van der Waals surface area (Å²) in [4.78, 5) is 31.3. The summed E-state index contributed by atoms with van der Waals surface area (Å²) in [7, 11) is 1.73. The van der Waals surface area contributed by atoms with E-state index in [1.807, 2.05) is 24.0 Å². The molecule has 1 amide bonds. The molecule has 0 radical (unpaired) electrons. The maximum absolute atomic E-state index is 13.5. The monoisotopic (exact) mass is 546 g/mol. The highest BCUT2D eigenvalue weighted by molar-refractivity contribution is 8.26. The molecule has 8 heteroatoms. The summed E-state index contributed by atoms with van der Waals surface area (Å²) in [6.07, 6.45) is 10.4. The lowest BCUT2D eigenvalue weighted by atomic mass is 9.90. The third-order valence-electron chi connectivity index (χ3n) is 8.29. The molecule has 0 N–H and O–H groups in total. The van der Waals surface area contributed by atoms with Crippen molar-refractivity contribution in [2.24, 2.45) is 13.0 Å². The number of thiocarbonyl (C=S) groups is 1. The minimum absolute atomic E-state index is 0.0498. The molecule has 3 heterocycles. The number of nitrogens with zero attached hydrogens (tertiary/aromatic N) is 4. The summed E-state index contributed by atoms with van der Waals surface area (Å²) in [5.74, 6) is 1.32. The molecule has 0 unspecified atom stereocenters. The number of amides is 1. The summed E-state index contributed by atoms with van der Waals surface area (Å²) < 4.78 is 2.20. The minimum atomic E-state index is -0.293. The molecule has 2 aromatic rings. The number of aromatic nitrogens is 1. The zero-order chi connectivity index (χ0) is 26.8. The van der Waals surface area contributed by atoms with E-state index in [9.17, 15) is 14.9 Å². The average molecular weight is 547 g/mol. The van der Waals surface area contributed by atoms with Crippen LogP contribution in [0.4, 0.5) is 5.82 Å². The predicted octanol–water partition coefficient (Wildman–Crippen LogP) is 5.56. The number of hydrogen-bond donors (Lipinski definition) is 0. The lowest BCUT2D eigenvalue weighted by molar-refractivity contribution is -0.124. The van der Waals surface area contributed by atoms with Gasteiger partial charge in [0.05, 0.1) is 4.91 Å². The van der Waals surface area contributed by atoms with Crippen molar-refractivity contribution in [1.29, 1.82) is 5.26 Å². The van der Waals surface area contributed by atoms with Crippen molar-refractivity contribution in [3.63, 3.8) is 0 Å². The van der Waals surface area contributed by atoms with E-state index in [1.54, 1.807) is 11.6 Å². The van der Waals surface area contributed by atoms with Crippen LogP contribution >= 0.6 is 24.0 Å². The third-order valence-corrected chi connectivity index (χ3v) is 9.62. The van der Waals surface area contributed by atoms with E-state index in [2.05, 4.69) is 35.2 Å². The Morgan fingerprint density at radius 2 is 1.76 bits per heavy atom. The molecule has 1 aromatic heterocycles. The number of thioether (sulfide) groups is 1. The largest absolute Gasteiger partial charge is 0.357 e. The fourth-order valence-electron chi connectivity index (χ4n) is 6.16. The van der Waals surface area contributed by atoms with Crippen LogP contribution in [0.3, 0.4) is 0 Å². The van der Waals surface area contributed by atoms with Crippen LogP contribution in [0.1, 0.15) is 67.2 Å². The second-order valence-electron chi connectivity index (χ2n) is 10.7. The van der Waals surface area contributed by atoms with Gasteiger partial charge in [-0.2, -0.15) is 5.26 Å². The topological polar surface area (TPSA) is 69.3 Å². The van der Waals surface area contributed by atoms with Gasteiger partial charge in [-0.3, -0.25) is 19.1 Å². The Hall–Kier alpha value is -2.89. The lowest BCUT2D eigenvalue weighted by Gasteiger charge is -2.36. The van der Waals surface area contributed by atoms with Gasteiger partial charge >= 0.3 is 0 Å². The summed E-state index contributed by atoms with van der Waals surface area (Å²) in [5, 5.41) is 9.79. The van der Waals surface area contributed by atoms with Gasteiger partial charge in [0.25, 0.3) is 11.5 Å². The van der Waals surface area contributed by atoms with Crippen LogP contribution in [0.25, 0.3) is 6.08 Å². The van der Waals surface area contributed by atoms with Gasteiger partial charge in [0.2, 0.25) is 0 Å². The molecule has 198 valence electrons. The van der Waals surface area contributed by atoms with Crippen molar-refractivity contribution in [3.05, 3.63) is 67.8 Å². The zero-order valence-electron chi connectivity index (χ0n) is 22.1. The SMILES string of the molecule is Cc1c(/C=C2/SC(=S)N(C3CCCCC3)C2=O)c(N2CCC(Cc3ccccc3)CC2)n(C)c(=O)c1C#N. The molecule has 2 aliphatic heterocycles. The Morgan fingerprint density at radius 1 is 1.08 bits per heavy atom. The normalized spacial score (nSPS) is 20.4. The Balaban J connectivity index is 1.46. The Bertz CT molecular complexity index is 1360. The van der Waals surface area contributed by atoms with Crippen molar-refractivity contribution >= 4 is 46.1 Å². The number of piperidine rings is 1. The average Bonchev–Trinajstić information content (AvgIpc) is 3.21. The first-order valence-electron chi connectivity index (χ1n) is 13.6. The maximum Gasteiger partial charge on any atom is 0.270 e. The first-order valence-corrected chi connectivity index (χ1v) is 14.8. The number of pyridine rings is 1. The molecule has 0 spiro atoms. The highest BCUT2D eigenvalue weighted by Gasteiger charge is 2.38. The van der Waals surface area contributed by atoms with Crippen LogP contribution in [0.2, 0.25) is 0 Å². The van der Waals surface area contributed by atoms with Crippen molar-refractivity contribution < 1.29 is 4.79 Å². The van der Waals surface area contributed by atoms with E-state index in [0.29, 0.717) is 20.7 Å². The van der Waals surface area contributed by atoms with Crippen LogP contribution in [0.15, 0.2) is 40.0 Å². The fraction of sp³-hybridized carbons (Fsp3) is 0.467. The van der Waals surface area contributed by atoms with Crippen molar-refractivity contribution in [1.82, 2.24) is 9.47 Å². The van der Waals surface area contributed by atoms with Gasteiger partial charge in [-0.25, -0.2) is 0 Å². The quantitative estimate of drug-likeness (QED) is 0.361. The molecule has 0 bridgehead atoms. The Kier molecular flexibility index (Phi) is 8.06. The van der Waals surface area contributed by atoms with Gasteiger partial charge in [-0.05, 0) is 62.1 Å². The van der Waals surface area contributed by atoms with Crippen molar-refractivity contribution in [2.75, 3.05) is 18.0 Å². The predicted molar refractivity (Wildman–Crippen MR) is 158 cm³/mol. The number of benzene rings is 1. The number of hydrogen-bond acceptors (Lipinski definition) is 6. The molecule has 38 heavy (non-hydrogen) atoms. The minimum Gasteiger partial charge on any atom is -0.357 e. The molecule has 1 saturated carbocycles. The van der Waals surface area contributed by atoms with Gasteiger partial charge in [-0.15, -0.1) is 0 Å². The summed E-state index contributed by atoms with van der Waals surface area (Å²) in [6.45, 7) is 3.46. The van der Waals surface area contributed by atoms with Gasteiger partial charge in [0, 0.05) is 31.7 Å². The van der Waals surface area contributed by atoms with Crippen LogP contribution in [0, 0.1) is 24.2 Å². The van der Waals surface area contributed by atoms with Crippen molar-refractivity contribution in [2.45, 2.75) is 64.3 Å². The van der Waals surface area contributed by atoms with E-state index in [-0.39, 0.29) is 23.1 Å². The highest BCUT2D eigenvalue weighted by Crippen LogP contribution is 2.39. The molecule has 5 rings (SSSR count). The van der Waals surface area contributed by atoms with Gasteiger partial charge in [0.1, 0.15) is 21.8 Å². The maximum atomic E-state index is 13.5. The molecule has 6 nitrogen and oxygen atoms in total. The third kappa shape index (κ3) is 5.19. The highest BCUT2D eigenvalue weighted by atomic mass is 32.2. The van der Waals surface area contributed by atoms with E-state index < -0.39 is 0 Å². The lowest BCUT2D eigenvalue weighted by Crippen LogP contribution is -2.40. The second kappa shape index (κ2) is 11.5. The van der Waals surface area contributed by atoms with Crippen molar-refractivity contribution in [3.8, 4) is 6.07 Å². The number of carbonyl (C=O) groups is 1. The van der Waals surface area contributed by atoms with Gasteiger partial charge < -0.3 is 4.90 Å². The first-order chi connectivity index (χ1) is 18.4. The number of rotatable bonds is 5. The fourth-order valence-corrected chi connectivity index (χ4v) is 7.54. The molecular formula is C30H34N4O2S2. The molecule has 1 aromatic carbocycles. The molecule has 1 aliphatic carbocycles. The molecular weight excluding hydrogens is 512 g/mol. The standard InChI is InChI=1S/C30H34N4O2S2/c1-20-24(18-26-29(36)34(30(37)38-26)23-11-7-4-8-12-23)27(32(2)28(35)25(20)19-31)33-15-13-22(14-16-33)17-21-9-5-3-6-10-21/h3,5-6,9-10,18,22-23H,4,7-8,11-17H2,1-2H3/b26-18+. The van der Waals surface area contributed by atoms with E-state index in [4.69, 9.17) is 12.2 Å². The second-order valence-corrected chi connectivity index (χ2v) is 12.4. The number of carbonyl (C=O) groups excluding carboxylic acids is 1. The van der Waals surface area contributed by atoms with E-state index in [0.717, 1.165) is 69.4 Å².